The Labute approximate surface area is 187 Å². The predicted molar refractivity (Wildman–Crippen MR) is 123 cm³/mol. The number of hydrogen-bond donors (Lipinski definition) is 0. The van der Waals surface area contributed by atoms with Crippen molar-refractivity contribution in [2.75, 3.05) is 0 Å². The second-order valence-electron chi connectivity index (χ2n) is 9.03. The molecule has 0 bridgehead atoms. The molecule has 0 saturated carbocycles. The molecule has 0 aliphatic carbocycles. The van der Waals surface area contributed by atoms with Gasteiger partial charge in [0, 0.05) is 5.33 Å². The molecule has 0 unspecified atom stereocenters. The largest absolute Gasteiger partial charge is 0.443 e. The van der Waals surface area contributed by atoms with Crippen LogP contribution in [0, 0.1) is 0 Å². The van der Waals surface area contributed by atoms with Gasteiger partial charge in [-0.2, -0.15) is 0 Å². The van der Waals surface area contributed by atoms with Crippen molar-refractivity contribution in [1.29, 1.82) is 0 Å². The summed E-state index contributed by atoms with van der Waals surface area (Å²) in [6.45, 7) is 10.6. The van der Waals surface area contributed by atoms with Gasteiger partial charge < -0.3 is 9.47 Å². The average molecular weight is 476 g/mol. The molecule has 0 aliphatic rings. The highest BCUT2D eigenvalue weighted by atomic mass is 79.9. The maximum Gasteiger partial charge on any atom is 0.420 e. The Morgan fingerprint density at radius 1 is 0.833 bits per heavy atom. The van der Waals surface area contributed by atoms with Gasteiger partial charge in [0.2, 0.25) is 0 Å². The van der Waals surface area contributed by atoms with Gasteiger partial charge in [-0.3, -0.25) is 0 Å². The number of hydrogen-bond acceptors (Lipinski definition) is 4. The SMILES string of the molecule is CC(C)(C)OC(=O)N(Cc1ccc(-c2ccccc2CBr)cc1)C(=O)OC(C)(C)C. The third-order valence-corrected chi connectivity index (χ3v) is 4.60. The quantitative estimate of drug-likeness (QED) is 0.450. The lowest BCUT2D eigenvalue weighted by atomic mass is 9.99. The lowest BCUT2D eigenvalue weighted by Gasteiger charge is -2.28. The second-order valence-corrected chi connectivity index (χ2v) is 9.60. The number of alkyl halides is 1. The predicted octanol–water partition coefficient (Wildman–Crippen LogP) is 6.92. The van der Waals surface area contributed by atoms with Gasteiger partial charge in [0.1, 0.15) is 11.2 Å². The standard InChI is InChI=1S/C24H30BrNO4/c1-23(2,3)29-21(27)26(22(28)30-24(4,5)6)16-17-11-13-18(14-12-17)20-10-8-7-9-19(20)15-25/h7-14H,15-16H2,1-6H3. The zero-order valence-corrected chi connectivity index (χ0v) is 20.1. The molecule has 2 rings (SSSR count). The number of halogens is 1. The molecular weight excluding hydrogens is 446 g/mol. The number of rotatable bonds is 4. The molecule has 6 heteroatoms. The van der Waals surface area contributed by atoms with Crippen LogP contribution in [0.25, 0.3) is 11.1 Å². The van der Waals surface area contributed by atoms with E-state index in [1.807, 2.05) is 36.4 Å². The first-order valence-electron chi connectivity index (χ1n) is 9.86. The number of nitrogens with zero attached hydrogens (tertiary/aromatic N) is 1. The van der Waals surface area contributed by atoms with E-state index in [4.69, 9.17) is 9.47 Å². The van der Waals surface area contributed by atoms with E-state index in [9.17, 15) is 9.59 Å². The van der Waals surface area contributed by atoms with Gasteiger partial charge >= 0.3 is 12.2 Å². The Balaban J connectivity index is 2.26. The van der Waals surface area contributed by atoms with Gasteiger partial charge in [-0.1, -0.05) is 64.5 Å². The van der Waals surface area contributed by atoms with Crippen LogP contribution in [-0.2, 0) is 21.3 Å². The highest BCUT2D eigenvalue weighted by Crippen LogP contribution is 2.26. The fourth-order valence-corrected chi connectivity index (χ4v) is 3.22. The molecule has 0 fully saturated rings. The summed E-state index contributed by atoms with van der Waals surface area (Å²) >= 11 is 3.52. The number of imide groups is 1. The van der Waals surface area contributed by atoms with Crippen LogP contribution in [0.1, 0.15) is 52.7 Å². The molecule has 0 saturated heterocycles. The molecule has 0 heterocycles. The lowest BCUT2D eigenvalue weighted by molar-refractivity contribution is -0.000244. The van der Waals surface area contributed by atoms with Crippen LogP contribution in [0.4, 0.5) is 9.59 Å². The molecule has 0 radical (unpaired) electrons. The molecule has 162 valence electrons. The molecule has 2 amide bonds. The van der Waals surface area contributed by atoms with E-state index in [2.05, 4.69) is 28.1 Å². The van der Waals surface area contributed by atoms with Crippen molar-refractivity contribution < 1.29 is 19.1 Å². The average Bonchev–Trinajstić information content (AvgIpc) is 2.63. The minimum absolute atomic E-state index is 0.0597. The van der Waals surface area contributed by atoms with Gasteiger partial charge in [0.05, 0.1) is 6.54 Å². The molecule has 2 aromatic carbocycles. The minimum atomic E-state index is -0.731. The number of benzene rings is 2. The van der Waals surface area contributed by atoms with Crippen molar-refractivity contribution in [1.82, 2.24) is 4.90 Å². The summed E-state index contributed by atoms with van der Waals surface area (Å²) in [4.78, 5) is 26.3. The van der Waals surface area contributed by atoms with Crippen molar-refractivity contribution in [3.63, 3.8) is 0 Å². The van der Waals surface area contributed by atoms with Crippen LogP contribution in [0.5, 0.6) is 0 Å². The Morgan fingerprint density at radius 2 is 1.33 bits per heavy atom. The van der Waals surface area contributed by atoms with Crippen molar-refractivity contribution in [2.24, 2.45) is 0 Å². The van der Waals surface area contributed by atoms with E-state index in [1.54, 1.807) is 41.5 Å². The van der Waals surface area contributed by atoms with Gasteiger partial charge in [-0.15, -0.1) is 0 Å². The Morgan fingerprint density at radius 3 is 1.80 bits per heavy atom. The molecule has 0 aromatic heterocycles. The minimum Gasteiger partial charge on any atom is -0.443 e. The number of amides is 2. The first-order valence-corrected chi connectivity index (χ1v) is 11.0. The molecule has 0 N–H and O–H groups in total. The molecule has 0 atom stereocenters. The highest BCUT2D eigenvalue weighted by molar-refractivity contribution is 9.08. The molecule has 30 heavy (non-hydrogen) atoms. The zero-order chi connectivity index (χ0) is 22.5. The zero-order valence-electron chi connectivity index (χ0n) is 18.5. The van der Waals surface area contributed by atoms with Crippen molar-refractivity contribution >= 4 is 28.1 Å². The van der Waals surface area contributed by atoms with Crippen LogP contribution < -0.4 is 0 Å². The summed E-state index contributed by atoms with van der Waals surface area (Å²) < 4.78 is 10.8. The van der Waals surface area contributed by atoms with Crippen LogP contribution in [-0.4, -0.2) is 28.3 Å². The second kappa shape index (κ2) is 9.65. The Kier molecular flexibility index (Phi) is 7.70. The maximum absolute atomic E-state index is 12.7. The molecule has 0 spiro atoms. The number of ether oxygens (including phenoxy) is 2. The third-order valence-electron chi connectivity index (χ3n) is 3.99. The first-order chi connectivity index (χ1) is 13.9. The summed E-state index contributed by atoms with van der Waals surface area (Å²) in [5.74, 6) is 0. The Bertz CT molecular complexity index is 851. The summed E-state index contributed by atoms with van der Waals surface area (Å²) in [5.41, 5.74) is 2.74. The van der Waals surface area contributed by atoms with E-state index in [-0.39, 0.29) is 6.54 Å². The summed E-state index contributed by atoms with van der Waals surface area (Å²) in [5, 5.41) is 0.760. The molecule has 0 aliphatic heterocycles. The van der Waals surface area contributed by atoms with Crippen LogP contribution >= 0.6 is 15.9 Å². The summed E-state index contributed by atoms with van der Waals surface area (Å²) in [7, 11) is 0. The van der Waals surface area contributed by atoms with Crippen molar-refractivity contribution in [3.8, 4) is 11.1 Å². The van der Waals surface area contributed by atoms with Crippen LogP contribution in [0.15, 0.2) is 48.5 Å². The molecule has 5 nitrogen and oxygen atoms in total. The number of carbonyl (C=O) groups excluding carboxylic acids is 2. The number of carbonyl (C=O) groups is 2. The van der Waals surface area contributed by atoms with Crippen LogP contribution in [0.3, 0.4) is 0 Å². The third kappa shape index (κ3) is 7.17. The highest BCUT2D eigenvalue weighted by Gasteiger charge is 2.31. The fraction of sp³-hybridized carbons (Fsp3) is 0.417. The summed E-state index contributed by atoms with van der Waals surface area (Å²) in [6.07, 6.45) is -1.46. The van der Waals surface area contributed by atoms with Crippen molar-refractivity contribution in [3.05, 3.63) is 59.7 Å². The maximum atomic E-state index is 12.7. The normalized spacial score (nSPS) is 11.7. The topological polar surface area (TPSA) is 55.8 Å². The lowest BCUT2D eigenvalue weighted by Crippen LogP contribution is -2.43. The van der Waals surface area contributed by atoms with Gasteiger partial charge in [0.25, 0.3) is 0 Å². The van der Waals surface area contributed by atoms with E-state index < -0.39 is 23.4 Å². The van der Waals surface area contributed by atoms with Crippen LogP contribution in [0.2, 0.25) is 0 Å². The van der Waals surface area contributed by atoms with E-state index in [1.165, 1.54) is 5.56 Å². The molecular formula is C24H30BrNO4. The van der Waals surface area contributed by atoms with Gasteiger partial charge in [-0.05, 0) is 63.8 Å². The Hall–Kier alpha value is -2.34. The van der Waals surface area contributed by atoms with E-state index >= 15 is 0 Å². The monoisotopic (exact) mass is 475 g/mol. The van der Waals surface area contributed by atoms with Crippen molar-refractivity contribution in [2.45, 2.75) is 64.6 Å². The van der Waals surface area contributed by atoms with E-state index in [0.717, 1.165) is 26.9 Å². The van der Waals surface area contributed by atoms with Gasteiger partial charge in [0.15, 0.2) is 0 Å². The van der Waals surface area contributed by atoms with Gasteiger partial charge in [-0.25, -0.2) is 14.5 Å². The first kappa shape index (κ1) is 23.9. The fourth-order valence-electron chi connectivity index (χ4n) is 2.73. The van der Waals surface area contributed by atoms with E-state index in [0.29, 0.717) is 0 Å². The smallest absolute Gasteiger partial charge is 0.420 e. The summed E-state index contributed by atoms with van der Waals surface area (Å²) in [6, 6.07) is 15.9. The molecule has 2 aromatic rings.